The molecule has 1 nitrogen and oxygen atoms in total. The van der Waals surface area contributed by atoms with Crippen LogP contribution in [0.15, 0.2) is 12.1 Å². The molecule has 0 aliphatic heterocycles. The van der Waals surface area contributed by atoms with Gasteiger partial charge < -0.3 is 0 Å². The summed E-state index contributed by atoms with van der Waals surface area (Å²) in [4.78, 5) is 11.8. The van der Waals surface area contributed by atoms with Crippen LogP contribution in [0.25, 0.3) is 0 Å². The van der Waals surface area contributed by atoms with Gasteiger partial charge in [0.05, 0.1) is 0 Å². The molecule has 92 valence electrons. The van der Waals surface area contributed by atoms with Crippen LogP contribution < -0.4 is 0 Å². The van der Waals surface area contributed by atoms with Gasteiger partial charge in [-0.1, -0.05) is 12.8 Å². The second kappa shape index (κ2) is 4.90. The van der Waals surface area contributed by atoms with Gasteiger partial charge in [0, 0.05) is 12.3 Å². The Bertz CT molecular complexity index is 419. The predicted molar refractivity (Wildman–Crippen MR) is 57.1 cm³/mol. The van der Waals surface area contributed by atoms with Crippen molar-refractivity contribution in [1.29, 1.82) is 0 Å². The van der Waals surface area contributed by atoms with Gasteiger partial charge in [-0.15, -0.1) is 0 Å². The Balaban J connectivity index is 2.35. The lowest BCUT2D eigenvalue weighted by Crippen LogP contribution is -2.11. The van der Waals surface area contributed by atoms with E-state index >= 15 is 0 Å². The fourth-order valence-electron chi connectivity index (χ4n) is 2.29. The molecular weight excluding hydrogens is 229 g/mol. The van der Waals surface area contributed by atoms with Gasteiger partial charge in [0.25, 0.3) is 0 Å². The summed E-state index contributed by atoms with van der Waals surface area (Å²) < 4.78 is 39.0. The van der Waals surface area contributed by atoms with Gasteiger partial charge in [-0.25, -0.2) is 13.2 Å². The third-order valence-electron chi connectivity index (χ3n) is 3.21. The van der Waals surface area contributed by atoms with E-state index in [2.05, 4.69) is 0 Å². The lowest BCUT2D eigenvalue weighted by atomic mass is 9.90. The molecule has 1 saturated carbocycles. The highest BCUT2D eigenvalue weighted by Crippen LogP contribution is 2.30. The van der Waals surface area contributed by atoms with E-state index in [0.717, 1.165) is 31.4 Å². The largest absolute Gasteiger partial charge is 0.299 e. The van der Waals surface area contributed by atoms with Gasteiger partial charge in [-0.05, 0) is 30.5 Å². The van der Waals surface area contributed by atoms with Crippen LogP contribution >= 0.6 is 0 Å². The highest BCUT2D eigenvalue weighted by molar-refractivity contribution is 5.85. The van der Waals surface area contributed by atoms with Crippen LogP contribution in [0, 0.1) is 17.5 Å². The molecule has 0 bridgehead atoms. The molecule has 0 N–H and O–H groups in total. The summed E-state index contributed by atoms with van der Waals surface area (Å²) in [5.74, 6) is -4.42. The maximum atomic E-state index is 13.1. The lowest BCUT2D eigenvalue weighted by Gasteiger charge is -2.13. The van der Waals surface area contributed by atoms with E-state index in [9.17, 15) is 18.0 Å². The minimum absolute atomic E-state index is 0.00657. The molecule has 0 saturated heterocycles. The average molecular weight is 242 g/mol. The number of carbonyl (C=O) groups is 1. The molecule has 0 heterocycles. The van der Waals surface area contributed by atoms with Crippen molar-refractivity contribution in [2.45, 2.75) is 38.0 Å². The first-order chi connectivity index (χ1) is 8.09. The number of benzene rings is 1. The first-order valence-corrected chi connectivity index (χ1v) is 5.76. The fraction of sp³-hybridized carbons (Fsp3) is 0.462. The number of rotatable bonds is 1. The van der Waals surface area contributed by atoms with Crippen LogP contribution in [0.3, 0.4) is 0 Å². The Kier molecular flexibility index (Phi) is 3.50. The molecule has 1 aromatic rings. The SMILES string of the molecule is O=C1CCCCCC1c1cc(F)c(F)c(F)c1. The minimum atomic E-state index is -1.48. The highest BCUT2D eigenvalue weighted by Gasteiger charge is 2.24. The molecule has 1 aromatic carbocycles. The number of hydrogen-bond acceptors (Lipinski definition) is 1. The lowest BCUT2D eigenvalue weighted by molar-refractivity contribution is -0.120. The standard InChI is InChI=1S/C13H13F3O/c14-10-6-8(7-11(15)13(10)16)9-4-2-1-3-5-12(9)17/h6-7,9H,1-5H2. The van der Waals surface area contributed by atoms with Crippen LogP contribution in [0.1, 0.15) is 43.6 Å². The van der Waals surface area contributed by atoms with Crippen molar-refractivity contribution in [1.82, 2.24) is 0 Å². The van der Waals surface area contributed by atoms with E-state index in [1.165, 1.54) is 0 Å². The summed E-state index contributed by atoms with van der Waals surface area (Å²) in [5, 5.41) is 0. The quantitative estimate of drug-likeness (QED) is 0.542. The third-order valence-corrected chi connectivity index (χ3v) is 3.21. The maximum absolute atomic E-state index is 13.1. The van der Waals surface area contributed by atoms with Crippen LogP contribution in [0.5, 0.6) is 0 Å². The van der Waals surface area contributed by atoms with E-state index < -0.39 is 23.4 Å². The summed E-state index contributed by atoms with van der Waals surface area (Å²) in [6, 6.07) is 1.87. The molecule has 1 aliphatic carbocycles. The van der Waals surface area contributed by atoms with Crippen molar-refractivity contribution in [3.63, 3.8) is 0 Å². The smallest absolute Gasteiger partial charge is 0.194 e. The predicted octanol–water partition coefficient (Wildman–Crippen LogP) is 3.72. The van der Waals surface area contributed by atoms with Crippen LogP contribution in [-0.2, 0) is 4.79 Å². The first-order valence-electron chi connectivity index (χ1n) is 5.76. The normalized spacial score (nSPS) is 21.4. The zero-order chi connectivity index (χ0) is 12.4. The Morgan fingerprint density at radius 2 is 1.65 bits per heavy atom. The second-order valence-electron chi connectivity index (χ2n) is 4.42. The summed E-state index contributed by atoms with van der Waals surface area (Å²) in [7, 11) is 0. The number of carbonyl (C=O) groups excluding carboxylic acids is 1. The topological polar surface area (TPSA) is 17.1 Å². The molecular formula is C13H13F3O. The molecule has 0 radical (unpaired) electrons. The first kappa shape index (κ1) is 12.1. The number of Topliss-reactive ketones (excluding diaryl/α,β-unsaturated/α-hetero) is 1. The van der Waals surface area contributed by atoms with Crippen LogP contribution in [0.4, 0.5) is 13.2 Å². The molecule has 1 atom stereocenters. The molecule has 1 fully saturated rings. The Hall–Kier alpha value is -1.32. The Morgan fingerprint density at radius 1 is 1.00 bits per heavy atom. The van der Waals surface area contributed by atoms with Crippen LogP contribution in [0.2, 0.25) is 0 Å². The molecule has 1 aliphatic rings. The molecule has 4 heteroatoms. The maximum Gasteiger partial charge on any atom is 0.194 e. The minimum Gasteiger partial charge on any atom is -0.299 e. The van der Waals surface area contributed by atoms with Crippen molar-refractivity contribution in [2.24, 2.45) is 0 Å². The van der Waals surface area contributed by atoms with E-state index in [1.807, 2.05) is 0 Å². The van der Waals surface area contributed by atoms with Gasteiger partial charge >= 0.3 is 0 Å². The molecule has 0 amide bonds. The summed E-state index contributed by atoms with van der Waals surface area (Å²) in [6.07, 6.45) is 3.65. The van der Waals surface area contributed by atoms with Crippen molar-refractivity contribution in [3.8, 4) is 0 Å². The van der Waals surface area contributed by atoms with Crippen molar-refractivity contribution >= 4 is 5.78 Å². The fourth-order valence-corrected chi connectivity index (χ4v) is 2.29. The van der Waals surface area contributed by atoms with Crippen LogP contribution in [-0.4, -0.2) is 5.78 Å². The summed E-state index contributed by atoms with van der Waals surface area (Å²) in [5.41, 5.74) is 0.258. The third kappa shape index (κ3) is 2.51. The van der Waals surface area contributed by atoms with E-state index in [-0.39, 0.29) is 11.3 Å². The highest BCUT2D eigenvalue weighted by atomic mass is 19.2. The monoisotopic (exact) mass is 242 g/mol. The van der Waals surface area contributed by atoms with E-state index in [4.69, 9.17) is 0 Å². The zero-order valence-electron chi connectivity index (χ0n) is 9.31. The van der Waals surface area contributed by atoms with Crippen molar-refractivity contribution < 1.29 is 18.0 Å². The Labute approximate surface area is 97.6 Å². The average Bonchev–Trinajstić information content (AvgIpc) is 2.50. The Morgan fingerprint density at radius 3 is 2.29 bits per heavy atom. The van der Waals surface area contributed by atoms with E-state index in [1.54, 1.807) is 0 Å². The summed E-state index contributed by atoms with van der Waals surface area (Å²) in [6.45, 7) is 0. The molecule has 2 rings (SSSR count). The zero-order valence-corrected chi connectivity index (χ0v) is 9.31. The molecule has 17 heavy (non-hydrogen) atoms. The molecule has 1 unspecified atom stereocenters. The molecule has 0 aromatic heterocycles. The number of hydrogen-bond donors (Lipinski definition) is 0. The van der Waals surface area contributed by atoms with Gasteiger partial charge in [0.15, 0.2) is 17.5 Å². The molecule has 0 spiro atoms. The van der Waals surface area contributed by atoms with Gasteiger partial charge in [-0.3, -0.25) is 4.79 Å². The van der Waals surface area contributed by atoms with Crippen molar-refractivity contribution in [2.75, 3.05) is 0 Å². The van der Waals surface area contributed by atoms with Gasteiger partial charge in [0.2, 0.25) is 0 Å². The summed E-state index contributed by atoms with van der Waals surface area (Å²) >= 11 is 0. The van der Waals surface area contributed by atoms with Gasteiger partial charge in [-0.2, -0.15) is 0 Å². The van der Waals surface area contributed by atoms with E-state index in [0.29, 0.717) is 12.8 Å². The second-order valence-corrected chi connectivity index (χ2v) is 4.42. The number of halogens is 3. The van der Waals surface area contributed by atoms with Crippen molar-refractivity contribution in [3.05, 3.63) is 35.1 Å². The number of ketones is 1. The van der Waals surface area contributed by atoms with Gasteiger partial charge in [0.1, 0.15) is 5.78 Å².